The van der Waals surface area contributed by atoms with E-state index in [4.69, 9.17) is 4.74 Å². The summed E-state index contributed by atoms with van der Waals surface area (Å²) in [6.07, 6.45) is 0. The Morgan fingerprint density at radius 1 is 1.44 bits per heavy atom. The monoisotopic (exact) mass is 225 g/mol. The predicted octanol–water partition coefficient (Wildman–Crippen LogP) is 1.82. The van der Waals surface area contributed by atoms with Gasteiger partial charge < -0.3 is 10.1 Å². The summed E-state index contributed by atoms with van der Waals surface area (Å²) in [6, 6.07) is 6.39. The minimum atomic E-state index is -0.749. The maximum Gasteiger partial charge on any atom is 0.246 e. The first kappa shape index (κ1) is 12.6. The molecule has 0 saturated heterocycles. The van der Waals surface area contributed by atoms with Gasteiger partial charge in [-0.3, -0.25) is 4.79 Å². The molecular weight excluding hydrogens is 209 g/mol. The van der Waals surface area contributed by atoms with Gasteiger partial charge in [0.05, 0.1) is 5.54 Å². The molecule has 0 aliphatic carbocycles. The maximum absolute atomic E-state index is 13.5. The average Bonchev–Trinajstić information content (AvgIpc) is 2.17. The van der Waals surface area contributed by atoms with Crippen LogP contribution in [-0.4, -0.2) is 19.6 Å². The van der Waals surface area contributed by atoms with Crippen molar-refractivity contribution in [2.45, 2.75) is 19.4 Å². The lowest BCUT2D eigenvalue weighted by Gasteiger charge is -2.27. The van der Waals surface area contributed by atoms with Crippen LogP contribution in [0.3, 0.4) is 0 Å². The normalized spacial score (nSPS) is 11.2. The minimum absolute atomic E-state index is 0.0299. The highest BCUT2D eigenvalue weighted by Crippen LogP contribution is 2.22. The van der Waals surface area contributed by atoms with Crippen molar-refractivity contribution in [3.05, 3.63) is 35.6 Å². The number of amides is 1. The molecule has 3 nitrogen and oxygen atoms in total. The molecule has 1 rings (SSSR count). The Labute approximate surface area is 94.6 Å². The standard InChI is InChI=1S/C12H16FNO2/c1-12(2,14-11(15)8-16-3)9-6-4-5-7-10(9)13/h4-7H,8H2,1-3H3,(H,14,15). The number of carbonyl (C=O) groups is 1. The summed E-state index contributed by atoms with van der Waals surface area (Å²) in [7, 11) is 1.44. The van der Waals surface area contributed by atoms with Crippen molar-refractivity contribution in [3.63, 3.8) is 0 Å². The third kappa shape index (κ3) is 3.03. The van der Waals surface area contributed by atoms with Crippen LogP contribution in [-0.2, 0) is 15.1 Å². The number of hydrogen-bond acceptors (Lipinski definition) is 2. The van der Waals surface area contributed by atoms with Crippen LogP contribution in [0.25, 0.3) is 0 Å². The Morgan fingerprint density at radius 2 is 2.06 bits per heavy atom. The van der Waals surface area contributed by atoms with Gasteiger partial charge in [-0.1, -0.05) is 18.2 Å². The predicted molar refractivity (Wildman–Crippen MR) is 59.4 cm³/mol. The molecule has 0 atom stereocenters. The number of ether oxygens (including phenoxy) is 1. The quantitative estimate of drug-likeness (QED) is 0.848. The molecule has 0 aliphatic heterocycles. The molecule has 1 N–H and O–H groups in total. The minimum Gasteiger partial charge on any atom is -0.375 e. The van der Waals surface area contributed by atoms with E-state index in [0.29, 0.717) is 5.56 Å². The highest BCUT2D eigenvalue weighted by Gasteiger charge is 2.25. The second-order valence-corrected chi connectivity index (χ2v) is 4.09. The van der Waals surface area contributed by atoms with Gasteiger partial charge in [-0.05, 0) is 19.9 Å². The molecule has 0 unspecified atom stereocenters. The van der Waals surface area contributed by atoms with E-state index in [-0.39, 0.29) is 18.3 Å². The maximum atomic E-state index is 13.5. The van der Waals surface area contributed by atoms with Gasteiger partial charge in [0.15, 0.2) is 0 Å². The Balaban J connectivity index is 2.85. The summed E-state index contributed by atoms with van der Waals surface area (Å²) in [5.74, 6) is -0.596. The first-order chi connectivity index (χ1) is 7.47. The van der Waals surface area contributed by atoms with Gasteiger partial charge in [0.1, 0.15) is 12.4 Å². The van der Waals surface area contributed by atoms with E-state index < -0.39 is 5.54 Å². The van der Waals surface area contributed by atoms with Crippen LogP contribution in [0.15, 0.2) is 24.3 Å². The van der Waals surface area contributed by atoms with Crippen LogP contribution in [0.2, 0.25) is 0 Å². The van der Waals surface area contributed by atoms with Gasteiger partial charge in [-0.25, -0.2) is 4.39 Å². The van der Waals surface area contributed by atoms with Gasteiger partial charge >= 0.3 is 0 Å². The van der Waals surface area contributed by atoms with Crippen molar-refractivity contribution in [2.75, 3.05) is 13.7 Å². The molecule has 1 amide bonds. The molecule has 0 heterocycles. The SMILES string of the molecule is COCC(=O)NC(C)(C)c1ccccc1F. The zero-order chi connectivity index (χ0) is 12.2. The molecular formula is C12H16FNO2. The largest absolute Gasteiger partial charge is 0.375 e. The molecule has 88 valence electrons. The van der Waals surface area contributed by atoms with Crippen molar-refractivity contribution in [2.24, 2.45) is 0 Å². The summed E-state index contributed by atoms with van der Waals surface area (Å²) in [5, 5.41) is 2.71. The van der Waals surface area contributed by atoms with Crippen molar-refractivity contribution in [3.8, 4) is 0 Å². The van der Waals surface area contributed by atoms with E-state index in [1.807, 2.05) is 0 Å². The van der Waals surface area contributed by atoms with E-state index in [1.54, 1.807) is 32.0 Å². The fourth-order valence-corrected chi connectivity index (χ4v) is 1.55. The van der Waals surface area contributed by atoms with Gasteiger partial charge in [0.2, 0.25) is 5.91 Å². The number of methoxy groups -OCH3 is 1. The van der Waals surface area contributed by atoms with Crippen LogP contribution < -0.4 is 5.32 Å². The summed E-state index contributed by atoms with van der Waals surface area (Å²) in [4.78, 5) is 11.4. The molecule has 0 spiro atoms. The van der Waals surface area contributed by atoms with Gasteiger partial charge in [-0.15, -0.1) is 0 Å². The number of nitrogens with one attached hydrogen (secondary N) is 1. The summed E-state index contributed by atoms with van der Waals surface area (Å²) < 4.78 is 18.2. The molecule has 0 fully saturated rings. The zero-order valence-corrected chi connectivity index (χ0v) is 9.71. The van der Waals surface area contributed by atoms with E-state index >= 15 is 0 Å². The lowest BCUT2D eigenvalue weighted by molar-refractivity contribution is -0.126. The third-order valence-corrected chi connectivity index (χ3v) is 2.27. The molecule has 0 saturated carbocycles. The third-order valence-electron chi connectivity index (χ3n) is 2.27. The van der Waals surface area contributed by atoms with Crippen molar-refractivity contribution in [1.82, 2.24) is 5.32 Å². The van der Waals surface area contributed by atoms with Crippen LogP contribution in [0, 0.1) is 5.82 Å². The molecule has 1 aromatic rings. The number of rotatable bonds is 4. The second-order valence-electron chi connectivity index (χ2n) is 4.09. The molecule has 0 aromatic heterocycles. The number of halogens is 1. The lowest BCUT2D eigenvalue weighted by Crippen LogP contribution is -2.43. The van der Waals surface area contributed by atoms with Crippen LogP contribution in [0.1, 0.15) is 19.4 Å². The van der Waals surface area contributed by atoms with E-state index in [1.165, 1.54) is 13.2 Å². The number of benzene rings is 1. The Bertz CT molecular complexity index is 377. The summed E-state index contributed by atoms with van der Waals surface area (Å²) in [5.41, 5.74) is -0.291. The fraction of sp³-hybridized carbons (Fsp3) is 0.417. The first-order valence-corrected chi connectivity index (χ1v) is 5.02. The topological polar surface area (TPSA) is 38.3 Å². The Hall–Kier alpha value is -1.42. The highest BCUT2D eigenvalue weighted by atomic mass is 19.1. The van der Waals surface area contributed by atoms with Crippen molar-refractivity contribution in [1.29, 1.82) is 0 Å². The van der Waals surface area contributed by atoms with Crippen molar-refractivity contribution >= 4 is 5.91 Å². The molecule has 16 heavy (non-hydrogen) atoms. The Kier molecular flexibility index (Phi) is 4.01. The molecule has 1 aromatic carbocycles. The van der Waals surface area contributed by atoms with Crippen LogP contribution >= 0.6 is 0 Å². The molecule has 4 heteroatoms. The van der Waals surface area contributed by atoms with Gasteiger partial charge in [0, 0.05) is 12.7 Å². The molecule has 0 radical (unpaired) electrons. The van der Waals surface area contributed by atoms with Gasteiger partial charge in [0.25, 0.3) is 0 Å². The van der Waals surface area contributed by atoms with Crippen LogP contribution in [0.4, 0.5) is 4.39 Å². The van der Waals surface area contributed by atoms with Gasteiger partial charge in [-0.2, -0.15) is 0 Å². The average molecular weight is 225 g/mol. The summed E-state index contributed by atoms with van der Waals surface area (Å²) in [6.45, 7) is 3.47. The van der Waals surface area contributed by atoms with Crippen molar-refractivity contribution < 1.29 is 13.9 Å². The second kappa shape index (κ2) is 5.07. The fourth-order valence-electron chi connectivity index (χ4n) is 1.55. The molecule has 0 bridgehead atoms. The van der Waals surface area contributed by atoms with Crippen LogP contribution in [0.5, 0.6) is 0 Å². The van der Waals surface area contributed by atoms with E-state index in [0.717, 1.165) is 0 Å². The highest BCUT2D eigenvalue weighted by molar-refractivity contribution is 5.78. The lowest BCUT2D eigenvalue weighted by atomic mass is 9.94. The van der Waals surface area contributed by atoms with E-state index in [9.17, 15) is 9.18 Å². The molecule has 0 aliphatic rings. The number of hydrogen-bond donors (Lipinski definition) is 1. The van der Waals surface area contributed by atoms with E-state index in [2.05, 4.69) is 5.32 Å². The smallest absolute Gasteiger partial charge is 0.246 e. The summed E-state index contributed by atoms with van der Waals surface area (Å²) >= 11 is 0. The zero-order valence-electron chi connectivity index (χ0n) is 9.71. The first-order valence-electron chi connectivity index (χ1n) is 5.02. The Morgan fingerprint density at radius 3 is 2.62 bits per heavy atom. The number of carbonyl (C=O) groups excluding carboxylic acids is 1.